The third-order valence-electron chi connectivity index (χ3n) is 7.05. The predicted molar refractivity (Wildman–Crippen MR) is 182 cm³/mol. The Balaban J connectivity index is 1.43. The van der Waals surface area contributed by atoms with Crippen molar-refractivity contribution in [2.45, 2.75) is 39.2 Å². The summed E-state index contributed by atoms with van der Waals surface area (Å²) in [7, 11) is 0. The maximum atomic E-state index is 14.9. The highest BCUT2D eigenvalue weighted by molar-refractivity contribution is 8.00. The number of rotatable bonds is 8. The second-order valence-corrected chi connectivity index (χ2v) is 14.4. The minimum Gasteiger partial charge on any atom is -0.288 e. The molecule has 0 saturated heterocycles. The SMILES string of the molecule is O=C1c2c(Sc3ccccc3)ccc(Sc3ccccc3)c2C(=O)c2c(Sc3ccccc3)ccc(Sc3ccccc3)c21. The van der Waals surface area contributed by atoms with E-state index in [0.717, 1.165) is 39.2 Å². The lowest BCUT2D eigenvalue weighted by Gasteiger charge is -2.26. The number of carbonyl (C=O) groups excluding carboxylic acids is 2. The van der Waals surface area contributed by atoms with Crippen LogP contribution in [-0.2, 0) is 0 Å². The van der Waals surface area contributed by atoms with Crippen molar-refractivity contribution in [1.82, 2.24) is 0 Å². The Bertz CT molecular complexity index is 1690. The van der Waals surface area contributed by atoms with Gasteiger partial charge in [-0.3, -0.25) is 9.59 Å². The zero-order chi connectivity index (χ0) is 29.9. The molecule has 2 nitrogen and oxygen atoms in total. The molecular formula is C38H24O2S4. The fourth-order valence-corrected chi connectivity index (χ4v) is 9.00. The van der Waals surface area contributed by atoms with Gasteiger partial charge in [0.25, 0.3) is 0 Å². The van der Waals surface area contributed by atoms with Gasteiger partial charge in [0, 0.05) is 61.4 Å². The van der Waals surface area contributed by atoms with Crippen molar-refractivity contribution in [3.05, 3.63) is 168 Å². The molecule has 1 aliphatic rings. The van der Waals surface area contributed by atoms with Gasteiger partial charge in [0.1, 0.15) is 0 Å². The molecule has 212 valence electrons. The first kappa shape index (κ1) is 28.8. The summed E-state index contributed by atoms with van der Waals surface area (Å²) in [5, 5.41) is 0. The summed E-state index contributed by atoms with van der Waals surface area (Å²) >= 11 is 6.08. The van der Waals surface area contributed by atoms with E-state index in [1.165, 1.54) is 47.0 Å². The van der Waals surface area contributed by atoms with Crippen LogP contribution in [0.1, 0.15) is 31.8 Å². The average Bonchev–Trinajstić information content (AvgIpc) is 3.06. The molecule has 0 aromatic heterocycles. The molecule has 0 radical (unpaired) electrons. The Kier molecular flexibility index (Phi) is 8.49. The molecular weight excluding hydrogens is 617 g/mol. The van der Waals surface area contributed by atoms with Crippen molar-refractivity contribution in [3.8, 4) is 0 Å². The fourth-order valence-electron chi connectivity index (χ4n) is 5.08. The van der Waals surface area contributed by atoms with Crippen molar-refractivity contribution >= 4 is 58.6 Å². The standard InChI is InChI=1S/C38H24O2S4/c39-37-33-29(41-25-13-5-1-6-14-25)21-22-30(42-26-15-7-2-8-16-26)34(33)38(40)36-32(44-28-19-11-4-12-20-28)24-23-31(35(36)37)43-27-17-9-3-10-18-27/h1-24H. The van der Waals surface area contributed by atoms with Crippen LogP contribution < -0.4 is 0 Å². The summed E-state index contributed by atoms with van der Waals surface area (Å²) in [5.41, 5.74) is 1.92. The monoisotopic (exact) mass is 640 g/mol. The van der Waals surface area contributed by atoms with Crippen LogP contribution in [0.5, 0.6) is 0 Å². The van der Waals surface area contributed by atoms with E-state index in [9.17, 15) is 9.59 Å². The van der Waals surface area contributed by atoms with E-state index in [1.807, 2.05) is 146 Å². The first-order valence-electron chi connectivity index (χ1n) is 14.0. The maximum absolute atomic E-state index is 14.9. The van der Waals surface area contributed by atoms with Crippen LogP contribution in [-0.4, -0.2) is 11.6 Å². The molecule has 1 aliphatic carbocycles. The first-order chi connectivity index (χ1) is 21.7. The molecule has 6 aromatic rings. The normalized spacial score (nSPS) is 12.1. The summed E-state index contributed by atoms with van der Waals surface area (Å²) in [5.74, 6) is -0.227. The lowest BCUT2D eigenvalue weighted by molar-refractivity contribution is 0.0970. The number of benzene rings is 6. The molecule has 6 heteroatoms. The second-order valence-electron chi connectivity index (χ2n) is 9.94. The number of ketones is 2. The third-order valence-corrected chi connectivity index (χ3v) is 11.3. The Morgan fingerprint density at radius 1 is 0.273 bits per heavy atom. The molecule has 6 aromatic carbocycles. The molecule has 0 spiro atoms. The van der Waals surface area contributed by atoms with Gasteiger partial charge in [-0.1, -0.05) is 120 Å². The molecule has 7 rings (SSSR count). The number of fused-ring (bicyclic) bond motifs is 2. The van der Waals surface area contributed by atoms with Gasteiger partial charge in [-0.25, -0.2) is 0 Å². The molecule has 0 atom stereocenters. The van der Waals surface area contributed by atoms with Gasteiger partial charge in [0.15, 0.2) is 11.6 Å². The largest absolute Gasteiger partial charge is 0.288 e. The van der Waals surface area contributed by atoms with E-state index in [-0.39, 0.29) is 11.6 Å². The predicted octanol–water partition coefficient (Wildman–Crippen LogP) is 11.1. The highest BCUT2D eigenvalue weighted by atomic mass is 32.2. The summed E-state index contributed by atoms with van der Waals surface area (Å²) in [6, 6.07) is 47.9. The fraction of sp³-hybridized carbons (Fsp3) is 0. The topological polar surface area (TPSA) is 34.1 Å². The van der Waals surface area contributed by atoms with E-state index in [0.29, 0.717) is 22.3 Å². The zero-order valence-corrected chi connectivity index (χ0v) is 26.6. The van der Waals surface area contributed by atoms with E-state index >= 15 is 0 Å². The Hall–Kier alpha value is -3.94. The van der Waals surface area contributed by atoms with Crippen LogP contribution in [0.15, 0.2) is 185 Å². The Labute approximate surface area is 273 Å². The lowest BCUT2D eigenvalue weighted by Crippen LogP contribution is -2.24. The van der Waals surface area contributed by atoms with Crippen LogP contribution in [0.4, 0.5) is 0 Å². The van der Waals surface area contributed by atoms with Crippen LogP contribution in [0.3, 0.4) is 0 Å². The van der Waals surface area contributed by atoms with Crippen LogP contribution >= 0.6 is 47.0 Å². The highest BCUT2D eigenvalue weighted by Crippen LogP contribution is 2.48. The molecule has 0 heterocycles. The summed E-state index contributed by atoms with van der Waals surface area (Å²) < 4.78 is 0. The quantitative estimate of drug-likeness (QED) is 0.164. The van der Waals surface area contributed by atoms with E-state index < -0.39 is 0 Å². The highest BCUT2D eigenvalue weighted by Gasteiger charge is 2.38. The van der Waals surface area contributed by atoms with Gasteiger partial charge >= 0.3 is 0 Å². The van der Waals surface area contributed by atoms with Crippen molar-refractivity contribution in [1.29, 1.82) is 0 Å². The minimum absolute atomic E-state index is 0.113. The van der Waals surface area contributed by atoms with Gasteiger partial charge in [0.2, 0.25) is 0 Å². The Morgan fingerprint density at radius 2 is 0.477 bits per heavy atom. The molecule has 0 bridgehead atoms. The molecule has 0 fully saturated rings. The van der Waals surface area contributed by atoms with Gasteiger partial charge in [0.05, 0.1) is 0 Å². The number of hydrogen-bond acceptors (Lipinski definition) is 6. The van der Waals surface area contributed by atoms with Gasteiger partial charge in [-0.05, 0) is 72.8 Å². The molecule has 0 aliphatic heterocycles. The van der Waals surface area contributed by atoms with Gasteiger partial charge in [-0.15, -0.1) is 0 Å². The summed E-state index contributed by atoms with van der Waals surface area (Å²) in [4.78, 5) is 36.9. The lowest BCUT2D eigenvalue weighted by atomic mass is 9.84. The second kappa shape index (κ2) is 13.0. The molecule has 0 saturated carbocycles. The molecule has 0 amide bonds. The third kappa shape index (κ3) is 5.91. The summed E-state index contributed by atoms with van der Waals surface area (Å²) in [6.45, 7) is 0. The van der Waals surface area contributed by atoms with Crippen molar-refractivity contribution in [2.24, 2.45) is 0 Å². The van der Waals surface area contributed by atoms with Crippen molar-refractivity contribution in [3.63, 3.8) is 0 Å². The van der Waals surface area contributed by atoms with Crippen molar-refractivity contribution in [2.75, 3.05) is 0 Å². The van der Waals surface area contributed by atoms with E-state index in [2.05, 4.69) is 0 Å². The van der Waals surface area contributed by atoms with Gasteiger partial charge in [-0.2, -0.15) is 0 Å². The maximum Gasteiger partial charge on any atom is 0.196 e. The summed E-state index contributed by atoms with van der Waals surface area (Å²) in [6.07, 6.45) is 0. The van der Waals surface area contributed by atoms with Crippen molar-refractivity contribution < 1.29 is 9.59 Å². The van der Waals surface area contributed by atoms with E-state index in [4.69, 9.17) is 0 Å². The number of carbonyl (C=O) groups is 2. The number of hydrogen-bond donors (Lipinski definition) is 0. The first-order valence-corrected chi connectivity index (χ1v) is 17.3. The Morgan fingerprint density at radius 3 is 0.682 bits per heavy atom. The molecule has 44 heavy (non-hydrogen) atoms. The van der Waals surface area contributed by atoms with Gasteiger partial charge < -0.3 is 0 Å². The molecule has 0 N–H and O–H groups in total. The van der Waals surface area contributed by atoms with Crippen LogP contribution in [0, 0.1) is 0 Å². The average molecular weight is 641 g/mol. The smallest absolute Gasteiger partial charge is 0.196 e. The van der Waals surface area contributed by atoms with Crippen LogP contribution in [0.25, 0.3) is 0 Å². The minimum atomic E-state index is -0.113. The van der Waals surface area contributed by atoms with E-state index in [1.54, 1.807) is 0 Å². The van der Waals surface area contributed by atoms with Crippen LogP contribution in [0.2, 0.25) is 0 Å². The molecule has 0 unspecified atom stereocenters. The zero-order valence-electron chi connectivity index (χ0n) is 23.3.